The molecule has 1 saturated heterocycles. The zero-order valence-corrected chi connectivity index (χ0v) is 10.4. The topological polar surface area (TPSA) is 102 Å². The number of nitrogens with one attached hydrogen (secondary N) is 2. The molecule has 4 N–H and O–H groups in total. The number of hydrogen-bond acceptors (Lipinski definition) is 4. The second-order valence-electron chi connectivity index (χ2n) is 4.35. The van der Waals surface area contributed by atoms with Gasteiger partial charge in [0.05, 0.1) is 0 Å². The average Bonchev–Trinajstić information content (AvgIpc) is 2.81. The van der Waals surface area contributed by atoms with E-state index >= 15 is 0 Å². The summed E-state index contributed by atoms with van der Waals surface area (Å²) in [7, 11) is 0. The summed E-state index contributed by atoms with van der Waals surface area (Å²) < 4.78 is 0. The van der Waals surface area contributed by atoms with Crippen molar-refractivity contribution in [2.45, 2.75) is 25.3 Å². The van der Waals surface area contributed by atoms with Crippen LogP contribution in [-0.4, -0.2) is 65.9 Å². The Labute approximate surface area is 106 Å². The number of carboxylic acids is 1. The summed E-state index contributed by atoms with van der Waals surface area (Å²) in [4.78, 5) is 24.4. The molecule has 2 amide bonds. The van der Waals surface area contributed by atoms with Gasteiger partial charge in [-0.3, -0.25) is 0 Å². The molecule has 0 spiro atoms. The predicted octanol–water partition coefficient (Wildman–Crippen LogP) is -0.783. The maximum Gasteiger partial charge on any atom is 0.326 e. The van der Waals surface area contributed by atoms with E-state index in [-0.39, 0.29) is 13.0 Å². The minimum atomic E-state index is -1.14. The summed E-state index contributed by atoms with van der Waals surface area (Å²) in [6.07, 6.45) is 2.41. The maximum atomic E-state index is 11.4. The first-order valence-corrected chi connectivity index (χ1v) is 6.24. The molecule has 7 nitrogen and oxygen atoms in total. The molecule has 0 aromatic carbocycles. The van der Waals surface area contributed by atoms with E-state index in [0.717, 1.165) is 19.6 Å². The van der Waals surface area contributed by atoms with E-state index in [2.05, 4.69) is 15.5 Å². The lowest BCUT2D eigenvalue weighted by molar-refractivity contribution is -0.139. The minimum Gasteiger partial charge on any atom is -0.480 e. The molecule has 0 unspecified atom stereocenters. The summed E-state index contributed by atoms with van der Waals surface area (Å²) in [5, 5.41) is 22.4. The number of hydrogen-bond donors (Lipinski definition) is 4. The summed E-state index contributed by atoms with van der Waals surface area (Å²) in [5.74, 6) is -1.14. The third-order valence-corrected chi connectivity index (χ3v) is 2.93. The van der Waals surface area contributed by atoms with E-state index in [1.54, 1.807) is 0 Å². The molecular formula is C11H21N3O4. The molecule has 18 heavy (non-hydrogen) atoms. The predicted molar refractivity (Wildman–Crippen MR) is 65.3 cm³/mol. The minimum absolute atomic E-state index is 0.00881. The van der Waals surface area contributed by atoms with Crippen LogP contribution in [0.25, 0.3) is 0 Å². The highest BCUT2D eigenvalue weighted by Gasteiger charge is 2.19. The van der Waals surface area contributed by atoms with Gasteiger partial charge in [-0.25, -0.2) is 9.59 Å². The highest BCUT2D eigenvalue weighted by molar-refractivity contribution is 5.82. The Balaban J connectivity index is 2.16. The lowest BCUT2D eigenvalue weighted by Crippen LogP contribution is -2.47. The maximum absolute atomic E-state index is 11.4. The van der Waals surface area contributed by atoms with Crippen LogP contribution in [0.2, 0.25) is 0 Å². The van der Waals surface area contributed by atoms with Gasteiger partial charge in [-0.15, -0.1) is 0 Å². The van der Waals surface area contributed by atoms with Crippen molar-refractivity contribution in [3.63, 3.8) is 0 Å². The lowest BCUT2D eigenvalue weighted by Gasteiger charge is -2.17. The Bertz CT molecular complexity index is 279. The van der Waals surface area contributed by atoms with Crippen molar-refractivity contribution < 1.29 is 19.8 Å². The number of aliphatic hydroxyl groups excluding tert-OH is 1. The van der Waals surface area contributed by atoms with Gasteiger partial charge in [0.25, 0.3) is 0 Å². The quantitative estimate of drug-likeness (QED) is 0.480. The largest absolute Gasteiger partial charge is 0.480 e. The number of nitrogens with zero attached hydrogens (tertiary/aromatic N) is 1. The van der Waals surface area contributed by atoms with Crippen LogP contribution < -0.4 is 10.6 Å². The normalized spacial score (nSPS) is 17.4. The second kappa shape index (κ2) is 7.88. The standard InChI is InChI=1S/C11H21N3O4/c15-8-3-9(10(16)17)13-11(18)12-4-7-14-5-1-2-6-14/h9,15H,1-8H2,(H,16,17)(H2,12,13,18)/t9-/m1/s1. The van der Waals surface area contributed by atoms with Crippen LogP contribution >= 0.6 is 0 Å². The molecule has 1 atom stereocenters. The third-order valence-electron chi connectivity index (χ3n) is 2.93. The summed E-state index contributed by atoms with van der Waals surface area (Å²) in [6.45, 7) is 3.13. The fourth-order valence-electron chi connectivity index (χ4n) is 1.93. The smallest absolute Gasteiger partial charge is 0.326 e. The van der Waals surface area contributed by atoms with Gasteiger partial charge in [0.2, 0.25) is 0 Å². The number of urea groups is 1. The van der Waals surface area contributed by atoms with Crippen molar-refractivity contribution in [2.75, 3.05) is 32.8 Å². The molecule has 0 bridgehead atoms. The van der Waals surface area contributed by atoms with Gasteiger partial charge in [0.15, 0.2) is 0 Å². The first kappa shape index (κ1) is 14.7. The number of amides is 2. The number of rotatable bonds is 7. The molecule has 0 aromatic rings. The van der Waals surface area contributed by atoms with Gasteiger partial charge in [-0.05, 0) is 25.9 Å². The van der Waals surface area contributed by atoms with E-state index in [9.17, 15) is 9.59 Å². The van der Waals surface area contributed by atoms with Gasteiger partial charge < -0.3 is 25.7 Å². The van der Waals surface area contributed by atoms with E-state index < -0.39 is 18.0 Å². The van der Waals surface area contributed by atoms with E-state index in [0.29, 0.717) is 6.54 Å². The highest BCUT2D eigenvalue weighted by Crippen LogP contribution is 2.05. The van der Waals surface area contributed by atoms with Crippen LogP contribution in [0.15, 0.2) is 0 Å². The molecule has 1 heterocycles. The van der Waals surface area contributed by atoms with Gasteiger partial charge >= 0.3 is 12.0 Å². The van der Waals surface area contributed by atoms with Crippen molar-refractivity contribution in [1.82, 2.24) is 15.5 Å². The van der Waals surface area contributed by atoms with Gasteiger partial charge in [0, 0.05) is 26.1 Å². The van der Waals surface area contributed by atoms with Crippen LogP contribution in [0.1, 0.15) is 19.3 Å². The van der Waals surface area contributed by atoms with Gasteiger partial charge in [-0.2, -0.15) is 0 Å². The molecule has 1 fully saturated rings. The van der Waals surface area contributed by atoms with Crippen molar-refractivity contribution in [1.29, 1.82) is 0 Å². The first-order chi connectivity index (χ1) is 8.63. The summed E-state index contributed by atoms with van der Waals surface area (Å²) in [6, 6.07) is -1.54. The van der Waals surface area contributed by atoms with Crippen molar-refractivity contribution in [2.24, 2.45) is 0 Å². The monoisotopic (exact) mass is 259 g/mol. The molecule has 0 radical (unpaired) electrons. The molecule has 0 aromatic heterocycles. The molecule has 7 heteroatoms. The third kappa shape index (κ3) is 5.33. The van der Waals surface area contributed by atoms with Crippen LogP contribution in [-0.2, 0) is 4.79 Å². The molecule has 104 valence electrons. The highest BCUT2D eigenvalue weighted by atomic mass is 16.4. The van der Waals surface area contributed by atoms with E-state index in [1.807, 2.05) is 0 Å². The Morgan fingerprint density at radius 2 is 1.94 bits per heavy atom. The van der Waals surface area contributed by atoms with Crippen LogP contribution in [0, 0.1) is 0 Å². The van der Waals surface area contributed by atoms with Crippen LogP contribution in [0.5, 0.6) is 0 Å². The zero-order chi connectivity index (χ0) is 13.4. The van der Waals surface area contributed by atoms with E-state index in [1.165, 1.54) is 12.8 Å². The Kier molecular flexibility index (Phi) is 6.45. The number of carbonyl (C=O) groups excluding carboxylic acids is 1. The molecule has 0 saturated carbocycles. The van der Waals surface area contributed by atoms with Crippen LogP contribution in [0.3, 0.4) is 0 Å². The molecular weight excluding hydrogens is 238 g/mol. The summed E-state index contributed by atoms with van der Waals surface area (Å²) >= 11 is 0. The molecule has 1 aliphatic rings. The molecule has 0 aliphatic carbocycles. The molecule has 1 rings (SSSR count). The Morgan fingerprint density at radius 3 is 2.50 bits per heavy atom. The van der Waals surface area contributed by atoms with Crippen molar-refractivity contribution in [3.05, 3.63) is 0 Å². The van der Waals surface area contributed by atoms with E-state index in [4.69, 9.17) is 10.2 Å². The van der Waals surface area contributed by atoms with Gasteiger partial charge in [-0.1, -0.05) is 0 Å². The number of carboxylic acid groups (broad SMARTS) is 1. The fraction of sp³-hybridized carbons (Fsp3) is 0.818. The number of carbonyl (C=O) groups is 2. The lowest BCUT2D eigenvalue weighted by atomic mass is 10.2. The van der Waals surface area contributed by atoms with Crippen molar-refractivity contribution >= 4 is 12.0 Å². The second-order valence-corrected chi connectivity index (χ2v) is 4.35. The van der Waals surface area contributed by atoms with Crippen molar-refractivity contribution in [3.8, 4) is 0 Å². The fourth-order valence-corrected chi connectivity index (χ4v) is 1.93. The number of aliphatic hydroxyl groups is 1. The first-order valence-electron chi connectivity index (χ1n) is 6.24. The summed E-state index contributed by atoms with van der Waals surface area (Å²) in [5.41, 5.74) is 0. The van der Waals surface area contributed by atoms with Gasteiger partial charge in [0.1, 0.15) is 6.04 Å². The Hall–Kier alpha value is -1.34. The van der Waals surface area contributed by atoms with Crippen LogP contribution in [0.4, 0.5) is 4.79 Å². The Morgan fingerprint density at radius 1 is 1.28 bits per heavy atom. The zero-order valence-electron chi connectivity index (χ0n) is 10.4. The number of aliphatic carboxylic acids is 1. The average molecular weight is 259 g/mol. The SMILES string of the molecule is O=C(NCCN1CCCC1)N[C@H](CCO)C(=O)O. The molecule has 1 aliphatic heterocycles. The number of likely N-dealkylation sites (tertiary alicyclic amines) is 1.